The molecule has 0 saturated carbocycles. The van der Waals surface area contributed by atoms with Crippen LogP contribution in [-0.2, 0) is 29.7 Å². The molecule has 4 nitrogen and oxygen atoms in total. The van der Waals surface area contributed by atoms with Gasteiger partial charge in [0.15, 0.2) is 8.32 Å². The molecule has 0 amide bonds. The molecular weight excluding hydrogens is 620 g/mol. The molecule has 0 aliphatic rings. The van der Waals surface area contributed by atoms with Gasteiger partial charge in [0.2, 0.25) is 0 Å². The third-order valence-corrected chi connectivity index (χ3v) is 13.0. The number of rotatable bonds is 12. The summed E-state index contributed by atoms with van der Waals surface area (Å²) in [5.41, 5.74) is -0.710. The van der Waals surface area contributed by atoms with Gasteiger partial charge in [-0.25, -0.2) is 8.78 Å². The molecule has 0 saturated heterocycles. The van der Waals surface area contributed by atoms with Crippen LogP contribution in [0.5, 0.6) is 5.75 Å². The predicted molar refractivity (Wildman–Crippen MR) is 164 cm³/mol. The van der Waals surface area contributed by atoms with E-state index in [2.05, 4.69) is 9.46 Å². The second kappa shape index (κ2) is 13.1. The fourth-order valence-electron chi connectivity index (χ4n) is 4.46. The van der Waals surface area contributed by atoms with Crippen molar-refractivity contribution < 1.29 is 40.4 Å². The molecule has 3 aromatic rings. The highest BCUT2D eigenvalue weighted by atomic mass is 32.2. The predicted octanol–water partition coefficient (Wildman–Crippen LogP) is 8.26. The molecule has 0 heterocycles. The number of hydrogen-bond donors (Lipinski definition) is 2. The molecule has 3 rings (SSSR count). The molecule has 0 bridgehead atoms. The highest BCUT2D eigenvalue weighted by Crippen LogP contribution is 2.42. The van der Waals surface area contributed by atoms with Crippen molar-refractivity contribution >= 4 is 19.7 Å². The number of halogens is 6. The van der Waals surface area contributed by atoms with Crippen molar-refractivity contribution in [2.24, 2.45) is 0 Å². The van der Waals surface area contributed by atoms with Crippen LogP contribution >= 0.6 is 0 Å². The van der Waals surface area contributed by atoms with E-state index >= 15 is 8.78 Å². The molecule has 2 N–H and O–H groups in total. The van der Waals surface area contributed by atoms with Gasteiger partial charge in [0.05, 0.1) is 0 Å². The number of benzene rings is 3. The maximum Gasteiger partial charge on any atom is 0.461 e. The van der Waals surface area contributed by atoms with Crippen molar-refractivity contribution in [3.8, 4) is 5.75 Å². The Morgan fingerprint density at radius 2 is 1.50 bits per heavy atom. The molecule has 12 heteroatoms. The maximum absolute atomic E-state index is 15.9. The average Bonchev–Trinajstić information content (AvgIpc) is 2.88. The van der Waals surface area contributed by atoms with Crippen LogP contribution in [0.4, 0.5) is 26.3 Å². The van der Waals surface area contributed by atoms with Gasteiger partial charge in [-0.2, -0.15) is 17.6 Å². The quantitative estimate of drug-likeness (QED) is 0.117. The zero-order valence-electron chi connectivity index (χ0n) is 25.8. The molecule has 0 aromatic heterocycles. The number of ether oxygens (including phenoxy) is 1. The van der Waals surface area contributed by atoms with E-state index in [-0.39, 0.29) is 24.0 Å². The van der Waals surface area contributed by atoms with E-state index in [0.717, 1.165) is 12.1 Å². The van der Waals surface area contributed by atoms with Gasteiger partial charge in [-0.1, -0.05) is 56.3 Å². The van der Waals surface area contributed by atoms with E-state index < -0.39 is 64.9 Å². The van der Waals surface area contributed by atoms with Crippen LogP contribution in [0.15, 0.2) is 66.7 Å². The molecule has 2 atom stereocenters. The highest BCUT2D eigenvalue weighted by Gasteiger charge is 2.46. The monoisotopic (exact) mass is 659 g/mol. The summed E-state index contributed by atoms with van der Waals surface area (Å²) in [5, 5.41) is -0.604. The molecule has 0 fully saturated rings. The first kappa shape index (κ1) is 36.0. The first-order valence-electron chi connectivity index (χ1n) is 14.0. The molecule has 44 heavy (non-hydrogen) atoms. The Bertz CT molecular complexity index is 1430. The van der Waals surface area contributed by atoms with Crippen LogP contribution in [-0.4, -0.2) is 34.9 Å². The third kappa shape index (κ3) is 8.39. The van der Waals surface area contributed by atoms with Crippen LogP contribution in [0.2, 0.25) is 18.1 Å². The van der Waals surface area contributed by atoms with Gasteiger partial charge in [0.1, 0.15) is 27.7 Å². The van der Waals surface area contributed by atoms with Gasteiger partial charge in [-0.3, -0.25) is 0 Å². The smallest absolute Gasteiger partial charge is 0.461 e. The Labute approximate surface area is 259 Å². The molecule has 0 aliphatic carbocycles. The van der Waals surface area contributed by atoms with Gasteiger partial charge < -0.3 is 14.1 Å². The van der Waals surface area contributed by atoms with E-state index in [0.29, 0.717) is 17.2 Å². The van der Waals surface area contributed by atoms with Crippen molar-refractivity contribution in [3.63, 3.8) is 0 Å². The first-order chi connectivity index (χ1) is 20.1. The van der Waals surface area contributed by atoms with Crippen LogP contribution in [0.1, 0.15) is 56.9 Å². The zero-order valence-corrected chi connectivity index (χ0v) is 27.6. The van der Waals surface area contributed by atoms with Crippen molar-refractivity contribution in [2.45, 2.75) is 88.4 Å². The highest BCUT2D eigenvalue weighted by molar-refractivity contribution is 7.90. The maximum atomic E-state index is 15.9. The minimum Gasteiger partial charge on any atom is -0.598 e. The average molecular weight is 660 g/mol. The summed E-state index contributed by atoms with van der Waals surface area (Å²) < 4.78 is 105. The summed E-state index contributed by atoms with van der Waals surface area (Å²) in [6, 6.07) is 15.5. The topological polar surface area (TPSA) is 64.5 Å². The lowest BCUT2D eigenvalue weighted by atomic mass is 9.78. The molecule has 2 unspecified atom stereocenters. The van der Waals surface area contributed by atoms with E-state index in [1.807, 2.05) is 13.8 Å². The molecular formula is C32H39F6NO3SSi. The Morgan fingerprint density at radius 3 is 2.02 bits per heavy atom. The van der Waals surface area contributed by atoms with Gasteiger partial charge in [0.25, 0.3) is 0 Å². The second-order valence-corrected chi connectivity index (χ2v) is 19.6. The Morgan fingerprint density at radius 1 is 0.886 bits per heavy atom. The fraction of sp³-hybridized carbons (Fsp3) is 0.438. The number of alkyl halides is 4. The van der Waals surface area contributed by atoms with Gasteiger partial charge in [-0.15, -0.1) is 4.72 Å². The molecule has 0 aliphatic heterocycles. The Balaban J connectivity index is 2.32. The van der Waals surface area contributed by atoms with Crippen LogP contribution in [0.3, 0.4) is 0 Å². The summed E-state index contributed by atoms with van der Waals surface area (Å²) in [6.07, 6.45) is -8.96. The Kier molecular flexibility index (Phi) is 10.7. The van der Waals surface area contributed by atoms with Crippen LogP contribution < -0.4 is 9.46 Å². The van der Waals surface area contributed by atoms with E-state index in [4.69, 9.17) is 0 Å². The lowest BCUT2D eigenvalue weighted by Gasteiger charge is -2.39. The van der Waals surface area contributed by atoms with Gasteiger partial charge in [-0.05, 0) is 85.8 Å². The number of nitrogens with one attached hydrogen (secondary N) is 1. The van der Waals surface area contributed by atoms with E-state index in [9.17, 15) is 26.9 Å². The van der Waals surface area contributed by atoms with E-state index in [1.165, 1.54) is 12.1 Å². The molecule has 3 aromatic carbocycles. The van der Waals surface area contributed by atoms with Gasteiger partial charge in [0, 0.05) is 23.8 Å². The molecule has 242 valence electrons. The number of hydrogen-bond acceptors (Lipinski definition) is 4. The fourth-order valence-corrected chi connectivity index (χ4v) is 6.01. The lowest BCUT2D eigenvalue weighted by molar-refractivity contribution is -0.253. The summed E-state index contributed by atoms with van der Waals surface area (Å²) in [6.45, 7) is 12.3. The molecule has 0 radical (unpaired) electrons. The largest absolute Gasteiger partial charge is 0.598 e. The van der Waals surface area contributed by atoms with Crippen LogP contribution in [0.25, 0.3) is 0 Å². The normalized spacial score (nSPS) is 15.3. The van der Waals surface area contributed by atoms with Crippen molar-refractivity contribution in [3.05, 3.63) is 101 Å². The summed E-state index contributed by atoms with van der Waals surface area (Å²) in [5.74, 6) is -2.62. The third-order valence-electron chi connectivity index (χ3n) is 7.84. The van der Waals surface area contributed by atoms with Gasteiger partial charge >= 0.3 is 12.5 Å². The van der Waals surface area contributed by atoms with Crippen molar-refractivity contribution in [1.29, 1.82) is 0 Å². The standard InChI is InChI=1S/C32H39F6NO3SSi/c1-29(2,3)43(40)39-31(19-21-11-9-8-10-12-21,24-15-25(33)18-26(16-24)42-32(37,38)28(35)36)23-14-13-22(27(34)17-23)20-30(4,5)44(6,7)41/h8-18,28,39,41H,19-20H2,1-7H3. The summed E-state index contributed by atoms with van der Waals surface area (Å²) >= 11 is -1.89. The van der Waals surface area contributed by atoms with E-state index in [1.54, 1.807) is 70.3 Å². The lowest BCUT2D eigenvalue weighted by Crippen LogP contribution is -2.53. The SMILES string of the molecule is CC(C)(C)[S+]([O-])NC(Cc1ccccc1)(c1cc(F)cc(OC(F)(F)C(F)F)c1)c1ccc(CC(C)(C)[Si](C)(C)O)c(F)c1. The molecule has 0 spiro atoms. The summed E-state index contributed by atoms with van der Waals surface area (Å²) in [7, 11) is -2.72. The minimum atomic E-state index is -4.92. The second-order valence-electron chi connectivity index (χ2n) is 13.1. The van der Waals surface area contributed by atoms with Crippen molar-refractivity contribution in [2.75, 3.05) is 0 Å². The van der Waals surface area contributed by atoms with Crippen molar-refractivity contribution in [1.82, 2.24) is 4.72 Å². The van der Waals surface area contributed by atoms with Crippen LogP contribution in [0, 0.1) is 11.6 Å². The Hall–Kier alpha value is -2.51. The summed E-state index contributed by atoms with van der Waals surface area (Å²) in [4.78, 5) is 10.8. The minimum absolute atomic E-state index is 0.0648. The first-order valence-corrected chi connectivity index (χ1v) is 18.1. The zero-order chi connectivity index (χ0) is 33.3.